The fraction of sp³-hybridized carbons (Fsp3) is 0. The standard InChI is InChI=1S/C23H15I2N/c24-20-10-6-17(7-11-20)22-14-19(16-4-2-1-3-5-16)15-23(26-22)18-8-12-21(25)13-9-18/h1-15H. The van der Waals surface area contributed by atoms with Gasteiger partial charge >= 0.3 is 0 Å². The Hall–Kier alpha value is -1.73. The topological polar surface area (TPSA) is 12.9 Å². The Kier molecular flexibility index (Phi) is 5.36. The van der Waals surface area contributed by atoms with E-state index in [0.717, 1.165) is 22.5 Å². The smallest absolute Gasteiger partial charge is 0.0715 e. The van der Waals surface area contributed by atoms with Gasteiger partial charge in [-0.1, -0.05) is 54.6 Å². The monoisotopic (exact) mass is 559 g/mol. The number of aromatic nitrogens is 1. The SMILES string of the molecule is Ic1ccc(-c2cc(-c3ccccc3)cc(-c3ccc(I)cc3)n2)cc1. The third kappa shape index (κ3) is 3.99. The largest absolute Gasteiger partial charge is 0.248 e. The maximum Gasteiger partial charge on any atom is 0.0715 e. The molecule has 3 heteroatoms. The van der Waals surface area contributed by atoms with E-state index in [9.17, 15) is 0 Å². The van der Waals surface area contributed by atoms with Gasteiger partial charge in [0.15, 0.2) is 0 Å². The highest BCUT2D eigenvalue weighted by atomic mass is 127. The lowest BCUT2D eigenvalue weighted by molar-refractivity contribution is 1.32. The van der Waals surface area contributed by atoms with E-state index < -0.39 is 0 Å². The second kappa shape index (κ2) is 7.88. The van der Waals surface area contributed by atoms with E-state index in [4.69, 9.17) is 4.98 Å². The molecule has 0 radical (unpaired) electrons. The molecule has 0 N–H and O–H groups in total. The van der Waals surface area contributed by atoms with E-state index in [0.29, 0.717) is 0 Å². The minimum Gasteiger partial charge on any atom is -0.248 e. The number of halogens is 2. The van der Waals surface area contributed by atoms with Crippen LogP contribution >= 0.6 is 45.2 Å². The predicted octanol–water partition coefficient (Wildman–Crippen LogP) is 7.29. The summed E-state index contributed by atoms with van der Waals surface area (Å²) in [5.74, 6) is 0. The molecule has 0 saturated heterocycles. The summed E-state index contributed by atoms with van der Waals surface area (Å²) in [6.07, 6.45) is 0. The summed E-state index contributed by atoms with van der Waals surface area (Å²) < 4.78 is 2.45. The molecule has 26 heavy (non-hydrogen) atoms. The summed E-state index contributed by atoms with van der Waals surface area (Å²) >= 11 is 4.66. The average Bonchev–Trinajstić information content (AvgIpc) is 2.69. The fourth-order valence-corrected chi connectivity index (χ4v) is 3.58. The van der Waals surface area contributed by atoms with Crippen molar-refractivity contribution >= 4 is 45.2 Å². The van der Waals surface area contributed by atoms with E-state index in [2.05, 4.69) is 130 Å². The molecule has 3 aromatic carbocycles. The van der Waals surface area contributed by atoms with Gasteiger partial charge in [0.05, 0.1) is 11.4 Å². The van der Waals surface area contributed by atoms with Crippen molar-refractivity contribution in [1.29, 1.82) is 0 Å². The Morgan fingerprint density at radius 1 is 0.462 bits per heavy atom. The maximum absolute atomic E-state index is 4.95. The van der Waals surface area contributed by atoms with E-state index >= 15 is 0 Å². The third-order valence-corrected chi connectivity index (χ3v) is 5.65. The lowest BCUT2D eigenvalue weighted by Crippen LogP contribution is -1.91. The highest BCUT2D eigenvalue weighted by molar-refractivity contribution is 14.1. The summed E-state index contributed by atoms with van der Waals surface area (Å²) in [5.41, 5.74) is 6.65. The van der Waals surface area contributed by atoms with Crippen LogP contribution in [0, 0.1) is 7.14 Å². The van der Waals surface area contributed by atoms with Crippen LogP contribution in [0.15, 0.2) is 91.0 Å². The predicted molar refractivity (Wildman–Crippen MR) is 126 cm³/mol. The van der Waals surface area contributed by atoms with Crippen LogP contribution in [-0.4, -0.2) is 4.98 Å². The molecule has 0 amide bonds. The van der Waals surface area contributed by atoms with Gasteiger partial charge in [-0.2, -0.15) is 0 Å². The van der Waals surface area contributed by atoms with Crippen LogP contribution < -0.4 is 0 Å². The van der Waals surface area contributed by atoms with Gasteiger partial charge in [0.1, 0.15) is 0 Å². The Bertz CT molecular complexity index is 960. The van der Waals surface area contributed by atoms with Gasteiger partial charge in [-0.25, -0.2) is 4.98 Å². The second-order valence-electron chi connectivity index (χ2n) is 6.01. The van der Waals surface area contributed by atoms with Crippen molar-refractivity contribution in [2.45, 2.75) is 0 Å². The van der Waals surface area contributed by atoms with E-state index in [1.807, 2.05) is 6.07 Å². The zero-order valence-corrected chi connectivity index (χ0v) is 18.2. The van der Waals surface area contributed by atoms with E-state index in [1.54, 1.807) is 0 Å². The molecule has 0 atom stereocenters. The van der Waals surface area contributed by atoms with Crippen LogP contribution in [-0.2, 0) is 0 Å². The lowest BCUT2D eigenvalue weighted by Gasteiger charge is -2.10. The Balaban J connectivity index is 1.89. The number of rotatable bonds is 3. The molecule has 1 heterocycles. The molecule has 0 aliphatic rings. The first-order chi connectivity index (χ1) is 12.7. The van der Waals surface area contributed by atoms with Crippen molar-refractivity contribution in [2.24, 2.45) is 0 Å². The molecule has 0 aliphatic carbocycles. The molecule has 1 aromatic heterocycles. The Labute approximate surface area is 180 Å². The molecule has 4 aromatic rings. The zero-order valence-electron chi connectivity index (χ0n) is 13.9. The highest BCUT2D eigenvalue weighted by Gasteiger charge is 2.09. The quantitative estimate of drug-likeness (QED) is 0.241. The highest BCUT2D eigenvalue weighted by Crippen LogP contribution is 2.30. The minimum atomic E-state index is 0.997. The molecule has 0 unspecified atom stereocenters. The molecule has 0 aliphatic heterocycles. The summed E-state index contributed by atoms with van der Waals surface area (Å²) in [5, 5.41) is 0. The minimum absolute atomic E-state index is 0.997. The van der Waals surface area contributed by atoms with Gasteiger partial charge < -0.3 is 0 Å². The molecular weight excluding hydrogens is 544 g/mol. The lowest BCUT2D eigenvalue weighted by atomic mass is 10.00. The number of nitrogens with zero attached hydrogens (tertiary/aromatic N) is 1. The Morgan fingerprint density at radius 2 is 0.923 bits per heavy atom. The van der Waals surface area contributed by atoms with Crippen molar-refractivity contribution < 1.29 is 0 Å². The molecule has 1 nitrogen and oxygen atoms in total. The number of hydrogen-bond donors (Lipinski definition) is 0. The van der Waals surface area contributed by atoms with Gasteiger partial charge in [-0.15, -0.1) is 0 Å². The van der Waals surface area contributed by atoms with Crippen LogP contribution in [0.2, 0.25) is 0 Å². The van der Waals surface area contributed by atoms with Crippen molar-refractivity contribution in [2.75, 3.05) is 0 Å². The fourth-order valence-electron chi connectivity index (χ4n) is 2.86. The molecule has 0 fully saturated rings. The van der Waals surface area contributed by atoms with Crippen molar-refractivity contribution in [1.82, 2.24) is 4.98 Å². The van der Waals surface area contributed by atoms with Crippen LogP contribution in [0.3, 0.4) is 0 Å². The Morgan fingerprint density at radius 3 is 1.38 bits per heavy atom. The first-order valence-electron chi connectivity index (χ1n) is 8.28. The first kappa shape index (κ1) is 17.7. The number of hydrogen-bond acceptors (Lipinski definition) is 1. The molecule has 0 spiro atoms. The third-order valence-electron chi connectivity index (χ3n) is 4.21. The zero-order chi connectivity index (χ0) is 17.9. The van der Waals surface area contributed by atoms with Crippen LogP contribution in [0.25, 0.3) is 33.6 Å². The summed E-state index contributed by atoms with van der Waals surface area (Å²) in [7, 11) is 0. The van der Waals surface area contributed by atoms with Crippen molar-refractivity contribution in [3.8, 4) is 33.6 Å². The molecule has 0 saturated carbocycles. The van der Waals surface area contributed by atoms with E-state index in [-0.39, 0.29) is 0 Å². The molecule has 0 bridgehead atoms. The summed E-state index contributed by atoms with van der Waals surface area (Å²) in [4.78, 5) is 4.95. The van der Waals surface area contributed by atoms with Gasteiger partial charge in [-0.3, -0.25) is 0 Å². The summed E-state index contributed by atoms with van der Waals surface area (Å²) in [6, 6.07) is 31.9. The van der Waals surface area contributed by atoms with Crippen LogP contribution in [0.5, 0.6) is 0 Å². The summed E-state index contributed by atoms with van der Waals surface area (Å²) in [6.45, 7) is 0. The second-order valence-corrected chi connectivity index (χ2v) is 8.50. The number of benzene rings is 3. The van der Waals surface area contributed by atoms with Gasteiger partial charge in [0.25, 0.3) is 0 Å². The van der Waals surface area contributed by atoms with Crippen LogP contribution in [0.4, 0.5) is 0 Å². The molecule has 126 valence electrons. The van der Waals surface area contributed by atoms with E-state index in [1.165, 1.54) is 18.3 Å². The number of pyridine rings is 1. The van der Waals surface area contributed by atoms with Crippen LogP contribution in [0.1, 0.15) is 0 Å². The first-order valence-corrected chi connectivity index (χ1v) is 10.4. The molecule has 4 rings (SSSR count). The normalized spacial score (nSPS) is 10.7. The average molecular weight is 559 g/mol. The van der Waals surface area contributed by atoms with Gasteiger partial charge in [-0.05, 0) is 92.7 Å². The van der Waals surface area contributed by atoms with Crippen molar-refractivity contribution in [3.05, 3.63) is 98.1 Å². The molecular formula is C23H15I2N. The van der Waals surface area contributed by atoms with Gasteiger partial charge in [0, 0.05) is 18.3 Å². The maximum atomic E-state index is 4.95. The van der Waals surface area contributed by atoms with Gasteiger partial charge in [0.2, 0.25) is 0 Å². The van der Waals surface area contributed by atoms with Crippen molar-refractivity contribution in [3.63, 3.8) is 0 Å².